The van der Waals surface area contributed by atoms with Crippen LogP contribution in [0.2, 0.25) is 0 Å². The molecular weight excluding hydrogens is 536 g/mol. The van der Waals surface area contributed by atoms with Gasteiger partial charge in [0.2, 0.25) is 5.91 Å². The lowest BCUT2D eigenvalue weighted by atomic mass is 10.0. The van der Waals surface area contributed by atoms with Crippen LogP contribution in [0, 0.1) is 13.8 Å². The first-order chi connectivity index (χ1) is 17.6. The van der Waals surface area contributed by atoms with E-state index < -0.39 is 18.5 Å². The third-order valence-electron chi connectivity index (χ3n) is 5.52. The fourth-order valence-corrected chi connectivity index (χ4v) is 3.76. The molecule has 0 aliphatic rings. The molecule has 0 heterocycles. The molecule has 37 heavy (non-hydrogen) atoms. The number of halogens is 1. The average Bonchev–Trinajstić information content (AvgIpc) is 2.85. The van der Waals surface area contributed by atoms with E-state index in [2.05, 4.69) is 52.5 Å². The maximum absolute atomic E-state index is 12.3. The Kier molecular flexibility index (Phi) is 9.85. The van der Waals surface area contributed by atoms with Crippen molar-refractivity contribution in [3.05, 3.63) is 81.8 Å². The lowest BCUT2D eigenvalue weighted by Crippen LogP contribution is -2.21. The van der Waals surface area contributed by atoms with Crippen LogP contribution < -0.4 is 15.4 Å². The van der Waals surface area contributed by atoms with Gasteiger partial charge in [-0.15, -0.1) is 0 Å². The standard InChI is InChI=1S/C29H31BrN2O5/c1-18(2)24-11-5-19(3)15-26(24)37-23-9-6-21(7-10-23)31-27(33)13-14-29(35)36-17-28(34)32-22-8-12-25(30)20(4)16-22/h5-12,15-16,18H,13-14,17H2,1-4H3,(H,31,33)(H,32,34). The van der Waals surface area contributed by atoms with Gasteiger partial charge in [0.05, 0.1) is 6.42 Å². The van der Waals surface area contributed by atoms with Crippen molar-refractivity contribution in [2.45, 2.75) is 46.5 Å². The molecule has 0 saturated carbocycles. The molecule has 2 N–H and O–H groups in total. The number of benzene rings is 3. The lowest BCUT2D eigenvalue weighted by molar-refractivity contribution is -0.147. The van der Waals surface area contributed by atoms with Gasteiger partial charge >= 0.3 is 5.97 Å². The van der Waals surface area contributed by atoms with Crippen molar-refractivity contribution in [3.63, 3.8) is 0 Å². The number of rotatable bonds is 10. The van der Waals surface area contributed by atoms with E-state index in [1.54, 1.807) is 36.4 Å². The summed E-state index contributed by atoms with van der Waals surface area (Å²) in [4.78, 5) is 36.2. The molecule has 0 spiro atoms. The summed E-state index contributed by atoms with van der Waals surface area (Å²) in [5, 5.41) is 5.42. The fraction of sp³-hybridized carbons (Fsp3) is 0.276. The summed E-state index contributed by atoms with van der Waals surface area (Å²) in [6.07, 6.45) is -0.200. The summed E-state index contributed by atoms with van der Waals surface area (Å²) in [5.74, 6) is 0.386. The van der Waals surface area contributed by atoms with Crippen LogP contribution in [0.15, 0.2) is 65.1 Å². The summed E-state index contributed by atoms with van der Waals surface area (Å²) >= 11 is 3.40. The molecule has 7 nitrogen and oxygen atoms in total. The van der Waals surface area contributed by atoms with E-state index in [0.29, 0.717) is 23.0 Å². The van der Waals surface area contributed by atoms with Crippen molar-refractivity contribution in [1.82, 2.24) is 0 Å². The number of amides is 2. The SMILES string of the molecule is Cc1ccc(C(C)C)c(Oc2ccc(NC(=O)CCC(=O)OCC(=O)Nc3ccc(Br)c(C)c3)cc2)c1. The Bertz CT molecular complexity index is 1270. The molecule has 194 valence electrons. The van der Waals surface area contributed by atoms with Crippen molar-refractivity contribution in [2.24, 2.45) is 0 Å². The van der Waals surface area contributed by atoms with Crippen molar-refractivity contribution in [3.8, 4) is 11.5 Å². The molecule has 3 rings (SSSR count). The predicted molar refractivity (Wildman–Crippen MR) is 148 cm³/mol. The quantitative estimate of drug-likeness (QED) is 0.261. The second kappa shape index (κ2) is 13.1. The Morgan fingerprint density at radius 3 is 2.19 bits per heavy atom. The number of carbonyl (C=O) groups is 3. The van der Waals surface area contributed by atoms with E-state index in [1.807, 2.05) is 26.0 Å². The molecule has 2 amide bonds. The first kappa shape index (κ1) is 27.9. The van der Waals surface area contributed by atoms with Crippen LogP contribution in [-0.2, 0) is 19.1 Å². The average molecular weight is 567 g/mol. The molecule has 3 aromatic carbocycles. The zero-order valence-corrected chi connectivity index (χ0v) is 23.0. The minimum Gasteiger partial charge on any atom is -0.457 e. The van der Waals surface area contributed by atoms with Gasteiger partial charge < -0.3 is 20.1 Å². The Labute approximate surface area is 225 Å². The van der Waals surface area contributed by atoms with E-state index in [9.17, 15) is 14.4 Å². The smallest absolute Gasteiger partial charge is 0.306 e. The summed E-state index contributed by atoms with van der Waals surface area (Å²) in [5.41, 5.74) is 4.40. The molecule has 0 aromatic heterocycles. The number of carbonyl (C=O) groups excluding carboxylic acids is 3. The second-order valence-corrected chi connectivity index (χ2v) is 9.90. The highest BCUT2D eigenvalue weighted by Gasteiger charge is 2.12. The zero-order chi connectivity index (χ0) is 26.9. The normalized spacial score (nSPS) is 10.6. The Morgan fingerprint density at radius 2 is 1.51 bits per heavy atom. The molecule has 0 radical (unpaired) electrons. The van der Waals surface area contributed by atoms with Gasteiger partial charge in [-0.3, -0.25) is 14.4 Å². The van der Waals surface area contributed by atoms with Crippen LogP contribution in [0.4, 0.5) is 11.4 Å². The van der Waals surface area contributed by atoms with Gasteiger partial charge in [-0.05, 0) is 85.0 Å². The van der Waals surface area contributed by atoms with Gasteiger partial charge in [0, 0.05) is 22.3 Å². The highest BCUT2D eigenvalue weighted by Crippen LogP contribution is 2.32. The van der Waals surface area contributed by atoms with E-state index in [0.717, 1.165) is 26.9 Å². The topological polar surface area (TPSA) is 93.7 Å². The van der Waals surface area contributed by atoms with Crippen molar-refractivity contribution < 1.29 is 23.9 Å². The number of anilines is 2. The first-order valence-corrected chi connectivity index (χ1v) is 12.8. The Balaban J connectivity index is 1.42. The minimum absolute atomic E-state index is 0.0638. The minimum atomic E-state index is -0.625. The van der Waals surface area contributed by atoms with Crippen LogP contribution in [0.25, 0.3) is 0 Å². The van der Waals surface area contributed by atoms with Crippen molar-refractivity contribution in [1.29, 1.82) is 0 Å². The number of aryl methyl sites for hydroxylation is 2. The molecule has 3 aromatic rings. The zero-order valence-electron chi connectivity index (χ0n) is 21.4. The van der Waals surface area contributed by atoms with Gasteiger partial charge in [-0.25, -0.2) is 0 Å². The van der Waals surface area contributed by atoms with Crippen LogP contribution in [0.3, 0.4) is 0 Å². The molecule has 0 aliphatic heterocycles. The molecule has 0 saturated heterocycles. The summed E-state index contributed by atoms with van der Waals surface area (Å²) in [6, 6.07) is 18.6. The van der Waals surface area contributed by atoms with Crippen LogP contribution >= 0.6 is 15.9 Å². The molecule has 8 heteroatoms. The van der Waals surface area contributed by atoms with Crippen LogP contribution in [0.5, 0.6) is 11.5 Å². The highest BCUT2D eigenvalue weighted by molar-refractivity contribution is 9.10. The fourth-order valence-electron chi connectivity index (χ4n) is 3.52. The highest BCUT2D eigenvalue weighted by atomic mass is 79.9. The molecule has 0 bridgehead atoms. The molecule has 0 fully saturated rings. The van der Waals surface area contributed by atoms with Crippen LogP contribution in [-0.4, -0.2) is 24.4 Å². The van der Waals surface area contributed by atoms with E-state index in [-0.39, 0.29) is 18.7 Å². The van der Waals surface area contributed by atoms with Gasteiger partial charge in [0.25, 0.3) is 5.91 Å². The summed E-state index contributed by atoms with van der Waals surface area (Å²) in [6.45, 7) is 7.74. The number of ether oxygens (including phenoxy) is 2. The number of hydrogen-bond donors (Lipinski definition) is 2. The predicted octanol–water partition coefficient (Wildman–Crippen LogP) is 6.88. The summed E-state index contributed by atoms with van der Waals surface area (Å²) < 4.78 is 12.0. The maximum Gasteiger partial charge on any atom is 0.306 e. The Hall–Kier alpha value is -3.65. The van der Waals surface area contributed by atoms with E-state index in [1.165, 1.54) is 0 Å². The van der Waals surface area contributed by atoms with Gasteiger partial charge in [0.15, 0.2) is 6.61 Å². The second-order valence-electron chi connectivity index (χ2n) is 9.04. The van der Waals surface area contributed by atoms with Crippen molar-refractivity contribution >= 4 is 45.1 Å². The number of hydrogen-bond acceptors (Lipinski definition) is 5. The van der Waals surface area contributed by atoms with E-state index >= 15 is 0 Å². The van der Waals surface area contributed by atoms with Gasteiger partial charge in [-0.2, -0.15) is 0 Å². The van der Waals surface area contributed by atoms with E-state index in [4.69, 9.17) is 9.47 Å². The lowest BCUT2D eigenvalue weighted by Gasteiger charge is -2.15. The molecule has 0 aliphatic carbocycles. The number of esters is 1. The van der Waals surface area contributed by atoms with Crippen LogP contribution in [0.1, 0.15) is 49.3 Å². The van der Waals surface area contributed by atoms with Gasteiger partial charge in [-0.1, -0.05) is 41.9 Å². The largest absolute Gasteiger partial charge is 0.457 e. The maximum atomic E-state index is 12.3. The number of nitrogens with one attached hydrogen (secondary N) is 2. The first-order valence-electron chi connectivity index (χ1n) is 12.0. The molecule has 0 unspecified atom stereocenters. The monoisotopic (exact) mass is 566 g/mol. The molecular formula is C29H31BrN2O5. The van der Waals surface area contributed by atoms with Crippen molar-refractivity contribution in [2.75, 3.05) is 17.2 Å². The Morgan fingerprint density at radius 1 is 0.838 bits per heavy atom. The molecule has 0 atom stereocenters. The third kappa shape index (κ3) is 8.75. The van der Waals surface area contributed by atoms with Gasteiger partial charge in [0.1, 0.15) is 11.5 Å². The third-order valence-corrected chi connectivity index (χ3v) is 6.41. The summed E-state index contributed by atoms with van der Waals surface area (Å²) in [7, 11) is 0.